The van der Waals surface area contributed by atoms with Gasteiger partial charge >= 0.3 is 5.97 Å². The van der Waals surface area contributed by atoms with Crippen molar-refractivity contribution in [3.05, 3.63) is 360 Å². The van der Waals surface area contributed by atoms with Crippen LogP contribution in [0.1, 0.15) is 335 Å². The highest BCUT2D eigenvalue weighted by Gasteiger charge is 2.56. The molecule has 0 amide bonds. The third-order valence-corrected chi connectivity index (χ3v) is 33.1. The minimum atomic E-state index is -4.74. The van der Waals surface area contributed by atoms with Crippen molar-refractivity contribution < 1.29 is 70.6 Å². The number of rotatable bonds is 40. The van der Waals surface area contributed by atoms with E-state index in [9.17, 15) is 17.8 Å². The summed E-state index contributed by atoms with van der Waals surface area (Å²) < 4.78 is 86.9. The van der Waals surface area contributed by atoms with Gasteiger partial charge in [-0.2, -0.15) is 0 Å². The number of carbonyl (C=O) groups excluding carboxylic acids is 1. The molecule has 6 saturated carbocycles. The summed E-state index contributed by atoms with van der Waals surface area (Å²) in [6.07, 6.45) is 29.1. The van der Waals surface area contributed by atoms with Crippen molar-refractivity contribution in [2.24, 2.45) is 29.1 Å². The predicted octanol–water partition coefficient (Wildman–Crippen LogP) is 34.1. The van der Waals surface area contributed by atoms with E-state index in [1.54, 1.807) is 36.4 Å². The van der Waals surface area contributed by atoms with Crippen LogP contribution in [0.2, 0.25) is 0 Å². The molecule has 0 heterocycles. The Morgan fingerprint density at radius 1 is 0.347 bits per heavy atom. The van der Waals surface area contributed by atoms with Crippen LogP contribution in [0.15, 0.2) is 335 Å². The fourth-order valence-electron chi connectivity index (χ4n) is 20.3. The first-order valence-electron chi connectivity index (χ1n) is 54.6. The molecular weight excluding hydrogens is 1870 g/mol. The van der Waals surface area contributed by atoms with Gasteiger partial charge < -0.3 is 57.4 Å². The molecule has 0 aliphatic heterocycles. The zero-order chi connectivity index (χ0) is 105. The van der Waals surface area contributed by atoms with Crippen LogP contribution in [-0.2, 0) is 35.2 Å². The average molecular weight is 2030 g/mol. The van der Waals surface area contributed by atoms with E-state index in [0.29, 0.717) is 79.2 Å². The lowest BCUT2D eigenvalue weighted by molar-refractivity contribution is -0.217. The third kappa shape index (κ3) is 38.4. The van der Waals surface area contributed by atoms with Crippen molar-refractivity contribution in [2.45, 2.75) is 324 Å². The van der Waals surface area contributed by atoms with Gasteiger partial charge in [-0.15, -0.1) is 0 Å². The van der Waals surface area contributed by atoms with Crippen LogP contribution in [0.25, 0.3) is 0 Å². The number of carbonyl (C=O) groups is 1. The maximum Gasteiger partial charge on any atom is 0.344 e. The predicted molar refractivity (Wildman–Crippen MR) is 599 cm³/mol. The molecule has 0 spiro atoms. The van der Waals surface area contributed by atoms with Gasteiger partial charge in [0.15, 0.2) is 27.3 Å². The first-order chi connectivity index (χ1) is 71.2. The van der Waals surface area contributed by atoms with Gasteiger partial charge in [-0.1, -0.05) is 304 Å². The van der Waals surface area contributed by atoms with E-state index in [1.807, 2.05) is 92.7 Å². The average Bonchev–Trinajstić information content (AvgIpc) is 0.734. The number of para-hydroxylation sites is 1. The molecule has 18 rings (SSSR count). The number of ether oxygens (including phenoxy) is 9. The molecule has 6 fully saturated rings. The van der Waals surface area contributed by atoms with Gasteiger partial charge in [-0.25, -0.2) is 13.2 Å². The Kier molecular flexibility index (Phi) is 48.8. The Morgan fingerprint density at radius 3 is 1.03 bits per heavy atom. The van der Waals surface area contributed by atoms with Crippen LogP contribution in [0.4, 0.5) is 0 Å². The Balaban J connectivity index is 0.000000167. The molecule has 6 aliphatic rings. The zero-order valence-electron chi connectivity index (χ0n) is 89.9. The number of hydrogen-bond donors (Lipinski definition) is 2. The second-order valence-electron chi connectivity index (χ2n) is 40.8. The molecule has 15 nitrogen and oxygen atoms in total. The fourth-order valence-corrected chi connectivity index (χ4v) is 23.1. The SMILES string of the molecule is CCC(C)c1ccc(O)cc1.CCC(C)c1ccc(O)cc1.CCC(C)c1ccc(OC(=O)c2ccccc2S(=O)(=O)[O-])cc1.CCC(C)c1ccc(OC(C)OCCC2CCCCC2)cc1.CCC(C)c1ccc(OC(C)OCCOc2ccc(C3CCCCC3)cc2)cc1.CCC(C)c1ccc(OC(OCCOc2ccccc2)C23CC4CC(CC(C4)C2)C3)cc1.c1ccc([S+](c2ccccc2)c2ccccc2)cc1. The lowest BCUT2D eigenvalue weighted by Crippen LogP contribution is -2.54. The molecular formula is C130H166O15S2. The lowest BCUT2D eigenvalue weighted by atomic mass is 9.49. The normalized spacial score (nSPS) is 18.0. The van der Waals surface area contributed by atoms with Gasteiger partial charge in [0.1, 0.15) is 69.3 Å². The van der Waals surface area contributed by atoms with Crippen LogP contribution in [-0.4, -0.2) is 81.1 Å². The smallest absolute Gasteiger partial charge is 0.344 e. The van der Waals surface area contributed by atoms with E-state index in [1.165, 1.54) is 182 Å². The Bertz CT molecular complexity index is 5570. The van der Waals surface area contributed by atoms with E-state index < -0.39 is 21.0 Å². The van der Waals surface area contributed by atoms with Crippen LogP contribution >= 0.6 is 0 Å². The standard InChI is InChI=1S/C29H38O3.C26H36O3.C20H32O2.C18H15S.C17H18O5S.2C10H14O/c1-3-21(2)25-9-11-27(12-10-25)32-28(31-14-13-30-26-7-5-4-6-8-26)29-18-22-15-23(19-29)17-24(16-22)20-29;1-4-20(2)22-10-16-26(17-11-22)29-21(3)27-18-19-28-25-14-12-24(13-15-25)23-8-6-5-7-9-23;1-4-16(2)19-10-12-20(13-11-19)22-17(3)21-15-14-18-8-6-5-7-9-18;1-4-10-16(11-5-1)19(17-12-6-2-7-13-17)18-14-8-3-9-15-18;1-3-12(2)13-8-10-14(11-9-13)22-17(18)15-6-4-5-7-16(15)23(19,20)21;2*1-3-8(2)9-4-6-10(11)7-5-9/h4-12,21-24,28H,3,13-20H2,1-2H3;10-17,20-21,23H,4-9,18-19H2,1-3H3;10-13,16-18H,4-9,14-15H2,1-3H3;1-15H;4-12H,3H2,1-2H3,(H,19,20,21);2*4-8,11H,3H2,1-2H3/q;;;+1;;;/p-1. The van der Waals surface area contributed by atoms with Crippen molar-refractivity contribution in [1.29, 1.82) is 0 Å². The van der Waals surface area contributed by atoms with Gasteiger partial charge in [-0.3, -0.25) is 0 Å². The van der Waals surface area contributed by atoms with Crippen LogP contribution in [0.5, 0.6) is 46.0 Å². The summed E-state index contributed by atoms with van der Waals surface area (Å²) >= 11 is 0. The molecule has 6 aliphatic carbocycles. The third-order valence-electron chi connectivity index (χ3n) is 30.0. The molecule has 9 unspecified atom stereocenters. The largest absolute Gasteiger partial charge is 0.744 e. The van der Waals surface area contributed by atoms with Crippen molar-refractivity contribution in [3.63, 3.8) is 0 Å². The molecule has 0 aromatic heterocycles. The maximum atomic E-state index is 12.1. The van der Waals surface area contributed by atoms with E-state index in [-0.39, 0.29) is 40.7 Å². The summed E-state index contributed by atoms with van der Waals surface area (Å²) in [4.78, 5) is 15.6. The van der Waals surface area contributed by atoms with E-state index in [4.69, 9.17) is 52.8 Å². The maximum absolute atomic E-state index is 12.1. The highest BCUT2D eigenvalue weighted by atomic mass is 32.2. The van der Waals surface area contributed by atoms with Gasteiger partial charge in [0.05, 0.1) is 41.2 Å². The summed E-state index contributed by atoms with van der Waals surface area (Å²) in [6, 6.07) is 103. The molecule has 9 atom stereocenters. The molecule has 0 saturated heterocycles. The second kappa shape index (κ2) is 61.7. The van der Waals surface area contributed by atoms with Crippen molar-refractivity contribution in [1.82, 2.24) is 0 Å². The van der Waals surface area contributed by atoms with E-state index >= 15 is 0 Å². The molecule has 12 aromatic rings. The first-order valence-corrected chi connectivity index (χ1v) is 57.3. The van der Waals surface area contributed by atoms with Gasteiger partial charge in [0.2, 0.25) is 6.29 Å². The quantitative estimate of drug-likeness (QED) is 0.00918. The molecule has 147 heavy (non-hydrogen) atoms. The molecule has 2 N–H and O–H groups in total. The van der Waals surface area contributed by atoms with Gasteiger partial charge in [-0.05, 0) is 360 Å². The number of aromatic hydroxyl groups is 2. The Labute approximate surface area is 884 Å². The van der Waals surface area contributed by atoms with E-state index in [2.05, 4.69) is 259 Å². The number of phenols is 2. The molecule has 12 aromatic carbocycles. The number of esters is 1. The molecule has 4 bridgehead atoms. The van der Waals surface area contributed by atoms with E-state index in [0.717, 1.165) is 109 Å². The van der Waals surface area contributed by atoms with Crippen molar-refractivity contribution in [3.8, 4) is 46.0 Å². The summed E-state index contributed by atoms with van der Waals surface area (Å²) in [7, 11) is -4.76. The molecule has 0 radical (unpaired) electrons. The Morgan fingerprint density at radius 2 is 0.660 bits per heavy atom. The number of hydrogen-bond acceptors (Lipinski definition) is 15. The zero-order valence-corrected chi connectivity index (χ0v) is 91.6. The molecule has 17 heteroatoms. The summed E-state index contributed by atoms with van der Waals surface area (Å²) in [5.74, 6) is 12.1. The Hall–Kier alpha value is -11.2. The molecule has 788 valence electrons. The summed E-state index contributed by atoms with van der Waals surface area (Å²) in [6.45, 7) is 33.2. The highest BCUT2D eigenvalue weighted by Crippen LogP contribution is 2.62. The van der Waals surface area contributed by atoms with Crippen LogP contribution < -0.4 is 28.4 Å². The minimum Gasteiger partial charge on any atom is -0.744 e. The fraction of sp³-hybridized carbons (Fsp3) is 0.438. The summed E-state index contributed by atoms with van der Waals surface area (Å²) in [5, 5.41) is 18.0. The van der Waals surface area contributed by atoms with Crippen molar-refractivity contribution >= 4 is 27.0 Å². The lowest BCUT2D eigenvalue weighted by Gasteiger charge is -2.58. The van der Waals surface area contributed by atoms with Gasteiger partial charge in [0.25, 0.3) is 0 Å². The topological polar surface area (TPSA) is 198 Å². The minimum absolute atomic E-state index is 0.0146. The van der Waals surface area contributed by atoms with Crippen molar-refractivity contribution in [2.75, 3.05) is 33.0 Å². The first kappa shape index (κ1) is 116. The monoisotopic (exact) mass is 2030 g/mol. The van der Waals surface area contributed by atoms with Gasteiger partial charge in [0, 0.05) is 5.41 Å². The highest BCUT2D eigenvalue weighted by molar-refractivity contribution is 7.97. The number of phenolic OH excluding ortho intramolecular Hbond substituents is 2. The summed E-state index contributed by atoms with van der Waals surface area (Å²) in [5.41, 5.74) is 9.16. The number of benzene rings is 12. The van der Waals surface area contributed by atoms with Crippen LogP contribution in [0, 0.1) is 29.1 Å². The second-order valence-corrected chi connectivity index (χ2v) is 44.2. The van der Waals surface area contributed by atoms with Crippen LogP contribution in [0.3, 0.4) is 0 Å².